The third kappa shape index (κ3) is 5.48. The van der Waals surface area contributed by atoms with Gasteiger partial charge in [-0.1, -0.05) is 60.7 Å². The van der Waals surface area contributed by atoms with Crippen LogP contribution in [0.2, 0.25) is 0 Å². The van der Waals surface area contributed by atoms with E-state index in [1.165, 1.54) is 23.8 Å². The third-order valence-electron chi connectivity index (χ3n) is 8.10. The average molecular weight is 549 g/mol. The fourth-order valence-corrected chi connectivity index (χ4v) is 5.84. The Bertz CT molecular complexity index is 1650. The van der Waals surface area contributed by atoms with Gasteiger partial charge in [-0.3, -0.25) is 9.59 Å². The molecule has 0 radical (unpaired) electrons. The predicted molar refractivity (Wildman–Crippen MR) is 153 cm³/mol. The molecular formula is C34H29FN2O4. The number of carboxylic acid groups (broad SMARTS) is 1. The van der Waals surface area contributed by atoms with Crippen molar-refractivity contribution in [1.29, 1.82) is 0 Å². The Labute approximate surface area is 237 Å². The zero-order valence-corrected chi connectivity index (χ0v) is 22.3. The maximum absolute atomic E-state index is 13.9. The van der Waals surface area contributed by atoms with E-state index in [1.807, 2.05) is 36.4 Å². The number of carbonyl (C=O) groups is 3. The van der Waals surface area contributed by atoms with E-state index in [2.05, 4.69) is 17.4 Å². The van der Waals surface area contributed by atoms with Crippen molar-refractivity contribution in [2.75, 3.05) is 6.54 Å². The van der Waals surface area contributed by atoms with Gasteiger partial charge in [-0.2, -0.15) is 0 Å². The molecule has 0 saturated heterocycles. The minimum Gasteiger partial charge on any atom is -0.478 e. The maximum atomic E-state index is 13.9. The normalized spacial score (nSPS) is 17.4. The Morgan fingerprint density at radius 2 is 1.66 bits per heavy atom. The molecule has 0 spiro atoms. The summed E-state index contributed by atoms with van der Waals surface area (Å²) in [4.78, 5) is 39.7. The molecule has 1 heterocycles. The number of rotatable bonds is 7. The lowest BCUT2D eigenvalue weighted by Crippen LogP contribution is -2.37. The molecule has 6 nitrogen and oxygen atoms in total. The fraction of sp³-hybridized carbons (Fsp3) is 0.206. The summed E-state index contributed by atoms with van der Waals surface area (Å²) in [6, 6.07) is 26.4. The van der Waals surface area contributed by atoms with E-state index < -0.39 is 11.8 Å². The van der Waals surface area contributed by atoms with Crippen LogP contribution in [0.3, 0.4) is 0 Å². The quantitative estimate of drug-likeness (QED) is 0.305. The van der Waals surface area contributed by atoms with Gasteiger partial charge in [-0.25, -0.2) is 9.18 Å². The number of hydrogen-bond donors (Lipinski definition) is 2. The first-order valence-corrected chi connectivity index (χ1v) is 13.7. The Hall–Kier alpha value is -4.78. The van der Waals surface area contributed by atoms with Crippen LogP contribution in [0.5, 0.6) is 0 Å². The summed E-state index contributed by atoms with van der Waals surface area (Å²) in [7, 11) is 0. The van der Waals surface area contributed by atoms with Crippen LogP contribution in [-0.2, 0) is 24.3 Å². The first kappa shape index (κ1) is 26.4. The molecule has 1 fully saturated rings. The summed E-state index contributed by atoms with van der Waals surface area (Å²) in [5.74, 6) is -1.54. The maximum Gasteiger partial charge on any atom is 0.335 e. The van der Waals surface area contributed by atoms with Crippen molar-refractivity contribution in [3.05, 3.63) is 130 Å². The van der Waals surface area contributed by atoms with Gasteiger partial charge < -0.3 is 15.3 Å². The lowest BCUT2D eigenvalue weighted by molar-refractivity contribution is -0.122. The van der Waals surface area contributed by atoms with Crippen molar-refractivity contribution in [3.63, 3.8) is 0 Å². The highest BCUT2D eigenvalue weighted by Gasteiger charge is 2.43. The van der Waals surface area contributed by atoms with Gasteiger partial charge in [0.15, 0.2) is 0 Å². The molecule has 2 aliphatic rings. The van der Waals surface area contributed by atoms with Gasteiger partial charge in [-0.05, 0) is 82.5 Å². The van der Waals surface area contributed by atoms with Crippen LogP contribution in [0, 0.1) is 11.7 Å². The highest BCUT2D eigenvalue weighted by molar-refractivity contribution is 5.94. The molecule has 7 heteroatoms. The molecule has 2 amide bonds. The molecule has 1 saturated carbocycles. The van der Waals surface area contributed by atoms with Crippen LogP contribution >= 0.6 is 0 Å². The zero-order valence-electron chi connectivity index (χ0n) is 22.3. The minimum absolute atomic E-state index is 0.00865. The molecule has 2 atom stereocenters. The molecular weight excluding hydrogens is 519 g/mol. The van der Waals surface area contributed by atoms with Gasteiger partial charge >= 0.3 is 5.97 Å². The Morgan fingerprint density at radius 3 is 2.44 bits per heavy atom. The number of amides is 2. The number of carboxylic acids is 1. The summed E-state index contributed by atoms with van der Waals surface area (Å²) in [6.45, 7) is 1.06. The molecule has 4 aromatic rings. The van der Waals surface area contributed by atoms with Crippen molar-refractivity contribution in [1.82, 2.24) is 10.2 Å². The summed E-state index contributed by atoms with van der Waals surface area (Å²) >= 11 is 0. The number of fused-ring (bicyclic) bond motifs is 1. The molecule has 0 aromatic heterocycles. The van der Waals surface area contributed by atoms with E-state index in [9.17, 15) is 23.9 Å². The van der Waals surface area contributed by atoms with Crippen LogP contribution in [0.25, 0.3) is 11.1 Å². The number of nitrogens with zero attached hydrogens (tertiary/aromatic N) is 1. The molecule has 206 valence electrons. The van der Waals surface area contributed by atoms with Gasteiger partial charge in [0, 0.05) is 31.1 Å². The van der Waals surface area contributed by atoms with Crippen LogP contribution in [0.1, 0.15) is 55.3 Å². The Balaban J connectivity index is 1.28. The molecule has 2 unspecified atom stereocenters. The first-order chi connectivity index (χ1) is 19.9. The average Bonchev–Trinajstić information content (AvgIpc) is 3.81. The van der Waals surface area contributed by atoms with Crippen molar-refractivity contribution >= 4 is 17.8 Å². The highest BCUT2D eigenvalue weighted by atomic mass is 19.1. The van der Waals surface area contributed by atoms with Gasteiger partial charge in [0.1, 0.15) is 5.82 Å². The summed E-state index contributed by atoms with van der Waals surface area (Å²) in [6.07, 6.45) is 1.37. The van der Waals surface area contributed by atoms with Crippen LogP contribution < -0.4 is 5.32 Å². The molecule has 4 aromatic carbocycles. The van der Waals surface area contributed by atoms with Crippen molar-refractivity contribution < 1.29 is 23.9 Å². The zero-order chi connectivity index (χ0) is 28.5. The monoisotopic (exact) mass is 548 g/mol. The second kappa shape index (κ2) is 11.0. The number of carbonyl (C=O) groups excluding carboxylic acids is 2. The van der Waals surface area contributed by atoms with Gasteiger partial charge in [0.2, 0.25) is 5.91 Å². The van der Waals surface area contributed by atoms with Crippen molar-refractivity contribution in [3.8, 4) is 11.1 Å². The highest BCUT2D eigenvalue weighted by Crippen LogP contribution is 2.47. The van der Waals surface area contributed by atoms with Crippen LogP contribution in [0.15, 0.2) is 91.0 Å². The number of nitrogens with one attached hydrogen (secondary N) is 1. The SMILES string of the molecule is O=C(O)c1cccc(-c2ccc(CNC(=O)C3CC3c3ccccc3)c3c2CCN(C(=O)c2cccc(F)c2)C3)c1. The molecule has 0 bridgehead atoms. The van der Waals surface area contributed by atoms with Crippen molar-refractivity contribution in [2.24, 2.45) is 5.92 Å². The van der Waals surface area contributed by atoms with Crippen LogP contribution in [0.4, 0.5) is 4.39 Å². The standard InChI is InChI=1S/C34H29FN2O4/c35-26-11-5-9-23(17-26)33(39)37-15-14-28-27(22-8-4-10-24(16-22)34(40)41)13-12-25(31(28)20-37)19-36-32(38)30-18-29(30)21-6-2-1-3-7-21/h1-13,16-17,29-30H,14-15,18-20H2,(H,36,38)(H,40,41). The molecule has 1 aliphatic heterocycles. The summed E-state index contributed by atoms with van der Waals surface area (Å²) < 4.78 is 13.9. The lowest BCUT2D eigenvalue weighted by atomic mass is 9.87. The fourth-order valence-electron chi connectivity index (χ4n) is 5.84. The number of benzene rings is 4. The third-order valence-corrected chi connectivity index (χ3v) is 8.10. The van der Waals surface area contributed by atoms with E-state index in [1.54, 1.807) is 29.2 Å². The number of halogens is 1. The topological polar surface area (TPSA) is 86.7 Å². The molecule has 6 rings (SSSR count). The minimum atomic E-state index is -0.999. The molecule has 41 heavy (non-hydrogen) atoms. The Morgan fingerprint density at radius 1 is 0.878 bits per heavy atom. The summed E-state index contributed by atoms with van der Waals surface area (Å²) in [5.41, 5.74) is 6.20. The number of hydrogen-bond acceptors (Lipinski definition) is 3. The predicted octanol–water partition coefficient (Wildman–Crippen LogP) is 5.81. The largest absolute Gasteiger partial charge is 0.478 e. The molecule has 2 N–H and O–H groups in total. The van der Waals surface area contributed by atoms with Gasteiger partial charge in [0.25, 0.3) is 5.91 Å². The van der Waals surface area contributed by atoms with E-state index >= 15 is 0 Å². The van der Waals surface area contributed by atoms with Gasteiger partial charge in [0.05, 0.1) is 5.56 Å². The second-order valence-corrected chi connectivity index (χ2v) is 10.7. The van der Waals surface area contributed by atoms with Crippen LogP contribution in [-0.4, -0.2) is 34.3 Å². The lowest BCUT2D eigenvalue weighted by Gasteiger charge is -2.32. The summed E-state index contributed by atoms with van der Waals surface area (Å²) in [5, 5.41) is 12.6. The van der Waals surface area contributed by atoms with Crippen molar-refractivity contribution in [2.45, 2.75) is 31.8 Å². The first-order valence-electron chi connectivity index (χ1n) is 13.7. The van der Waals surface area contributed by atoms with E-state index in [0.717, 1.165) is 34.2 Å². The van der Waals surface area contributed by atoms with Gasteiger partial charge in [-0.15, -0.1) is 0 Å². The second-order valence-electron chi connectivity index (χ2n) is 10.7. The van der Waals surface area contributed by atoms with E-state index in [0.29, 0.717) is 26.1 Å². The number of aromatic carboxylic acids is 1. The Kier molecular flexibility index (Phi) is 7.10. The molecule has 1 aliphatic carbocycles. The smallest absolute Gasteiger partial charge is 0.335 e. The van der Waals surface area contributed by atoms with E-state index in [4.69, 9.17) is 0 Å². The van der Waals surface area contributed by atoms with E-state index in [-0.39, 0.29) is 34.8 Å².